The lowest BCUT2D eigenvalue weighted by Crippen LogP contribution is -2.49. The van der Waals surface area contributed by atoms with Crippen LogP contribution in [0.1, 0.15) is 45.6 Å². The average molecular weight is 277 g/mol. The fraction of sp³-hybridized carbons (Fsp3) is 0.867. The molecule has 0 unspecified atom stereocenters. The molecule has 2 aliphatic rings. The number of rotatable bonds is 3. The van der Waals surface area contributed by atoms with Crippen LogP contribution in [0.2, 0.25) is 0 Å². The standard InChI is InChI=1S/C15H27N5/c1-13(2)18-8-3-14(4-9-18)19-10-5-15(6-11-19)20-12-7-16-17-20/h7,12-15H,3-6,8-11H2,1-2H3. The van der Waals surface area contributed by atoms with Gasteiger partial charge in [-0.15, -0.1) is 5.10 Å². The fourth-order valence-corrected chi connectivity index (χ4v) is 3.70. The highest BCUT2D eigenvalue weighted by Gasteiger charge is 2.29. The van der Waals surface area contributed by atoms with E-state index in [1.165, 1.54) is 51.9 Å². The summed E-state index contributed by atoms with van der Waals surface area (Å²) in [5.41, 5.74) is 0. The molecule has 0 spiro atoms. The summed E-state index contributed by atoms with van der Waals surface area (Å²) in [6.07, 6.45) is 8.90. The summed E-state index contributed by atoms with van der Waals surface area (Å²) < 4.78 is 2.04. The molecule has 2 saturated heterocycles. The molecule has 0 amide bonds. The lowest BCUT2D eigenvalue weighted by molar-refractivity contribution is 0.0669. The van der Waals surface area contributed by atoms with E-state index in [1.807, 2.05) is 10.9 Å². The Hall–Kier alpha value is -0.940. The third kappa shape index (κ3) is 3.04. The summed E-state index contributed by atoms with van der Waals surface area (Å²) in [7, 11) is 0. The molecule has 1 aromatic heterocycles. The van der Waals surface area contributed by atoms with Gasteiger partial charge in [0, 0.05) is 31.4 Å². The van der Waals surface area contributed by atoms with E-state index in [1.54, 1.807) is 6.20 Å². The molecule has 1 aromatic rings. The predicted molar refractivity (Wildman–Crippen MR) is 79.6 cm³/mol. The van der Waals surface area contributed by atoms with Gasteiger partial charge in [0.05, 0.1) is 12.2 Å². The molecule has 0 aliphatic carbocycles. The molecule has 3 rings (SSSR count). The van der Waals surface area contributed by atoms with E-state index >= 15 is 0 Å². The van der Waals surface area contributed by atoms with Crippen molar-refractivity contribution >= 4 is 0 Å². The minimum absolute atomic E-state index is 0.560. The van der Waals surface area contributed by atoms with E-state index in [0.29, 0.717) is 12.1 Å². The van der Waals surface area contributed by atoms with Crippen molar-refractivity contribution in [2.45, 2.75) is 57.7 Å². The van der Waals surface area contributed by atoms with Gasteiger partial charge in [0.25, 0.3) is 0 Å². The van der Waals surface area contributed by atoms with Gasteiger partial charge in [-0.2, -0.15) is 0 Å². The molecular formula is C15H27N5. The Morgan fingerprint density at radius 2 is 1.60 bits per heavy atom. The zero-order chi connectivity index (χ0) is 13.9. The highest BCUT2D eigenvalue weighted by Crippen LogP contribution is 2.26. The van der Waals surface area contributed by atoms with Gasteiger partial charge in [-0.05, 0) is 52.6 Å². The maximum absolute atomic E-state index is 4.15. The fourth-order valence-electron chi connectivity index (χ4n) is 3.70. The maximum Gasteiger partial charge on any atom is 0.0693 e. The summed E-state index contributed by atoms with van der Waals surface area (Å²) in [4.78, 5) is 5.32. The van der Waals surface area contributed by atoms with Crippen molar-refractivity contribution in [2.75, 3.05) is 26.2 Å². The van der Waals surface area contributed by atoms with Crippen LogP contribution in [0, 0.1) is 0 Å². The highest BCUT2D eigenvalue weighted by atomic mass is 15.4. The van der Waals surface area contributed by atoms with Gasteiger partial charge in [0.1, 0.15) is 0 Å². The Labute approximate surface area is 121 Å². The Morgan fingerprint density at radius 1 is 0.950 bits per heavy atom. The van der Waals surface area contributed by atoms with E-state index in [2.05, 4.69) is 34.0 Å². The molecule has 0 radical (unpaired) electrons. The van der Waals surface area contributed by atoms with Crippen LogP contribution in [0.3, 0.4) is 0 Å². The van der Waals surface area contributed by atoms with Gasteiger partial charge in [0.15, 0.2) is 0 Å². The molecular weight excluding hydrogens is 250 g/mol. The summed E-state index contributed by atoms with van der Waals surface area (Å²) in [6.45, 7) is 9.60. The van der Waals surface area contributed by atoms with Crippen molar-refractivity contribution in [1.29, 1.82) is 0 Å². The van der Waals surface area contributed by atoms with Crippen LogP contribution in [0.4, 0.5) is 0 Å². The number of hydrogen-bond acceptors (Lipinski definition) is 4. The largest absolute Gasteiger partial charge is 0.301 e. The van der Waals surface area contributed by atoms with Gasteiger partial charge in [-0.3, -0.25) is 0 Å². The van der Waals surface area contributed by atoms with Crippen molar-refractivity contribution in [3.63, 3.8) is 0 Å². The number of nitrogens with zero attached hydrogens (tertiary/aromatic N) is 5. The predicted octanol–water partition coefficient (Wildman–Crippen LogP) is 1.79. The molecule has 0 aromatic carbocycles. The van der Waals surface area contributed by atoms with Crippen LogP contribution >= 0.6 is 0 Å². The van der Waals surface area contributed by atoms with Gasteiger partial charge < -0.3 is 9.80 Å². The molecule has 3 heterocycles. The number of likely N-dealkylation sites (tertiary alicyclic amines) is 2. The second kappa shape index (κ2) is 6.22. The normalized spacial score (nSPS) is 24.6. The monoisotopic (exact) mass is 277 g/mol. The molecule has 0 atom stereocenters. The third-order valence-electron chi connectivity index (χ3n) is 5.06. The van der Waals surface area contributed by atoms with Crippen LogP contribution in [0.15, 0.2) is 12.4 Å². The molecule has 2 aliphatic heterocycles. The van der Waals surface area contributed by atoms with Crippen molar-refractivity contribution in [2.24, 2.45) is 0 Å². The first kappa shape index (κ1) is 14.0. The average Bonchev–Trinajstić information content (AvgIpc) is 3.02. The second-order valence-corrected chi connectivity index (χ2v) is 6.51. The zero-order valence-electron chi connectivity index (χ0n) is 12.8. The van der Waals surface area contributed by atoms with Crippen molar-refractivity contribution in [1.82, 2.24) is 24.8 Å². The minimum Gasteiger partial charge on any atom is -0.301 e. The first-order valence-electron chi connectivity index (χ1n) is 8.08. The zero-order valence-corrected chi connectivity index (χ0v) is 12.8. The molecule has 5 heteroatoms. The molecule has 20 heavy (non-hydrogen) atoms. The molecule has 5 nitrogen and oxygen atoms in total. The second-order valence-electron chi connectivity index (χ2n) is 6.51. The van der Waals surface area contributed by atoms with Gasteiger partial charge in [0.2, 0.25) is 0 Å². The Morgan fingerprint density at radius 3 is 2.15 bits per heavy atom. The first-order valence-corrected chi connectivity index (χ1v) is 8.08. The number of aromatic nitrogens is 3. The van der Waals surface area contributed by atoms with Crippen LogP contribution in [-0.4, -0.2) is 63.1 Å². The van der Waals surface area contributed by atoms with Crippen molar-refractivity contribution in [3.8, 4) is 0 Å². The summed E-state index contributed by atoms with van der Waals surface area (Å²) in [5, 5.41) is 8.07. The Balaban J connectivity index is 1.47. The van der Waals surface area contributed by atoms with E-state index in [9.17, 15) is 0 Å². The van der Waals surface area contributed by atoms with Crippen molar-refractivity contribution < 1.29 is 0 Å². The van der Waals surface area contributed by atoms with Crippen LogP contribution in [0.5, 0.6) is 0 Å². The van der Waals surface area contributed by atoms with E-state index in [-0.39, 0.29) is 0 Å². The van der Waals surface area contributed by atoms with Gasteiger partial charge in [-0.1, -0.05) is 5.21 Å². The lowest BCUT2D eigenvalue weighted by Gasteiger charge is -2.42. The molecule has 0 N–H and O–H groups in total. The van der Waals surface area contributed by atoms with E-state index in [0.717, 1.165) is 6.04 Å². The van der Waals surface area contributed by atoms with Gasteiger partial charge in [-0.25, -0.2) is 4.68 Å². The smallest absolute Gasteiger partial charge is 0.0693 e. The molecule has 0 bridgehead atoms. The van der Waals surface area contributed by atoms with Crippen LogP contribution in [-0.2, 0) is 0 Å². The van der Waals surface area contributed by atoms with Crippen molar-refractivity contribution in [3.05, 3.63) is 12.4 Å². The number of piperidine rings is 2. The molecule has 2 fully saturated rings. The lowest BCUT2D eigenvalue weighted by atomic mass is 9.97. The Bertz CT molecular complexity index is 386. The van der Waals surface area contributed by atoms with Crippen LogP contribution in [0.25, 0.3) is 0 Å². The quantitative estimate of drug-likeness (QED) is 0.844. The van der Waals surface area contributed by atoms with E-state index in [4.69, 9.17) is 0 Å². The summed E-state index contributed by atoms with van der Waals surface area (Å²) >= 11 is 0. The topological polar surface area (TPSA) is 37.2 Å². The highest BCUT2D eigenvalue weighted by molar-refractivity contribution is 4.85. The summed E-state index contributed by atoms with van der Waals surface area (Å²) in [5.74, 6) is 0. The van der Waals surface area contributed by atoms with Crippen LogP contribution < -0.4 is 0 Å². The number of hydrogen-bond donors (Lipinski definition) is 0. The van der Waals surface area contributed by atoms with E-state index < -0.39 is 0 Å². The Kier molecular flexibility index (Phi) is 4.36. The molecule has 0 saturated carbocycles. The minimum atomic E-state index is 0.560. The maximum atomic E-state index is 4.15. The molecule has 112 valence electrons. The third-order valence-corrected chi connectivity index (χ3v) is 5.06. The SMILES string of the molecule is CC(C)N1CCC(N2CCC(n3ccnn3)CC2)CC1. The first-order chi connectivity index (χ1) is 9.74. The van der Waals surface area contributed by atoms with Gasteiger partial charge >= 0.3 is 0 Å². The summed E-state index contributed by atoms with van der Waals surface area (Å²) in [6, 6.07) is 2.07.